The van der Waals surface area contributed by atoms with E-state index in [1.807, 2.05) is 0 Å². The molecule has 0 aliphatic carbocycles. The molecule has 1 fully saturated rings. The fourth-order valence-corrected chi connectivity index (χ4v) is 3.00. The lowest BCUT2D eigenvalue weighted by atomic mass is 10.0. The van der Waals surface area contributed by atoms with Crippen molar-refractivity contribution < 1.29 is 27.6 Å². The van der Waals surface area contributed by atoms with Crippen LogP contribution in [0.1, 0.15) is 33.6 Å². The number of halogens is 2. The average Bonchev–Trinajstić information content (AvgIpc) is 3.21. The monoisotopic (exact) mass is 391 g/mol. The number of nitrogens with one attached hydrogen (secondary N) is 2. The van der Waals surface area contributed by atoms with Crippen molar-refractivity contribution in [2.24, 2.45) is 0 Å². The molecular formula is C19H19F2N3O4. The first-order valence-electron chi connectivity index (χ1n) is 8.78. The molecule has 2 N–H and O–H groups in total. The molecular weight excluding hydrogens is 372 g/mol. The number of hydrogen-bond acceptors (Lipinski definition) is 4. The van der Waals surface area contributed by atoms with Crippen LogP contribution in [0.15, 0.2) is 41.2 Å². The van der Waals surface area contributed by atoms with Gasteiger partial charge < -0.3 is 20.0 Å². The minimum absolute atomic E-state index is 0.118. The van der Waals surface area contributed by atoms with Crippen LogP contribution in [0.2, 0.25) is 0 Å². The summed E-state index contributed by atoms with van der Waals surface area (Å²) in [7, 11) is 0. The Kier molecular flexibility index (Phi) is 6.03. The smallest absolute Gasteiger partial charge is 0.257 e. The number of carbonyl (C=O) groups is 3. The van der Waals surface area contributed by atoms with Gasteiger partial charge in [0.15, 0.2) is 0 Å². The van der Waals surface area contributed by atoms with E-state index < -0.39 is 23.4 Å². The minimum Gasteiger partial charge on any atom is -0.472 e. The van der Waals surface area contributed by atoms with Gasteiger partial charge in [-0.15, -0.1) is 0 Å². The first kappa shape index (κ1) is 19.5. The predicted molar refractivity (Wildman–Crippen MR) is 94.5 cm³/mol. The van der Waals surface area contributed by atoms with Gasteiger partial charge in [-0.05, 0) is 31.0 Å². The lowest BCUT2D eigenvalue weighted by Gasteiger charge is -2.32. The molecule has 0 radical (unpaired) electrons. The van der Waals surface area contributed by atoms with Crippen molar-refractivity contribution >= 4 is 17.7 Å². The number of nitrogens with zero attached hydrogens (tertiary/aromatic N) is 1. The summed E-state index contributed by atoms with van der Waals surface area (Å²) in [5.41, 5.74) is 0.151. The Bertz CT molecular complexity index is 862. The molecule has 2 heterocycles. The highest BCUT2D eigenvalue weighted by Gasteiger charge is 2.25. The number of benzene rings is 1. The molecule has 0 unspecified atom stereocenters. The second-order valence-electron chi connectivity index (χ2n) is 6.45. The topological polar surface area (TPSA) is 91.7 Å². The lowest BCUT2D eigenvalue weighted by Crippen LogP contribution is -2.48. The Balaban J connectivity index is 1.42. The van der Waals surface area contributed by atoms with Crippen LogP contribution in [0.25, 0.3) is 0 Å². The maximum atomic E-state index is 13.6. The van der Waals surface area contributed by atoms with Gasteiger partial charge in [-0.1, -0.05) is 0 Å². The van der Waals surface area contributed by atoms with Crippen molar-refractivity contribution in [3.63, 3.8) is 0 Å². The number of rotatable bonds is 5. The van der Waals surface area contributed by atoms with Crippen molar-refractivity contribution in [3.8, 4) is 0 Å². The van der Waals surface area contributed by atoms with Crippen LogP contribution in [0.4, 0.5) is 8.78 Å². The number of likely N-dealkylation sites (tertiary alicyclic amines) is 1. The van der Waals surface area contributed by atoms with Crippen molar-refractivity contribution in [3.05, 3.63) is 59.6 Å². The van der Waals surface area contributed by atoms with E-state index in [-0.39, 0.29) is 24.1 Å². The summed E-state index contributed by atoms with van der Waals surface area (Å²) < 4.78 is 31.4. The van der Waals surface area contributed by atoms with E-state index in [9.17, 15) is 23.2 Å². The third kappa shape index (κ3) is 4.73. The van der Waals surface area contributed by atoms with Gasteiger partial charge in [-0.2, -0.15) is 0 Å². The zero-order valence-electron chi connectivity index (χ0n) is 14.9. The Morgan fingerprint density at radius 2 is 1.89 bits per heavy atom. The molecule has 1 aliphatic rings. The van der Waals surface area contributed by atoms with E-state index >= 15 is 0 Å². The Hall–Kier alpha value is -3.23. The van der Waals surface area contributed by atoms with Crippen molar-refractivity contribution in [2.75, 3.05) is 19.6 Å². The molecule has 148 valence electrons. The molecule has 1 aromatic heterocycles. The Labute approximate surface area is 159 Å². The highest BCUT2D eigenvalue weighted by atomic mass is 19.1. The van der Waals surface area contributed by atoms with Crippen LogP contribution >= 0.6 is 0 Å². The molecule has 9 heteroatoms. The number of piperidine rings is 1. The predicted octanol–water partition coefficient (Wildman–Crippen LogP) is 1.71. The van der Waals surface area contributed by atoms with E-state index in [2.05, 4.69) is 10.6 Å². The normalized spacial score (nSPS) is 14.6. The molecule has 0 saturated carbocycles. The van der Waals surface area contributed by atoms with Gasteiger partial charge >= 0.3 is 0 Å². The van der Waals surface area contributed by atoms with Gasteiger partial charge in [-0.25, -0.2) is 8.78 Å². The summed E-state index contributed by atoms with van der Waals surface area (Å²) in [4.78, 5) is 37.8. The van der Waals surface area contributed by atoms with Crippen LogP contribution < -0.4 is 10.6 Å². The molecule has 3 rings (SSSR count). The van der Waals surface area contributed by atoms with Crippen molar-refractivity contribution in [2.45, 2.75) is 18.9 Å². The molecule has 28 heavy (non-hydrogen) atoms. The van der Waals surface area contributed by atoms with Crippen molar-refractivity contribution in [1.29, 1.82) is 0 Å². The van der Waals surface area contributed by atoms with Crippen LogP contribution in [0, 0.1) is 11.6 Å². The highest BCUT2D eigenvalue weighted by Crippen LogP contribution is 2.14. The molecule has 1 aromatic carbocycles. The fourth-order valence-electron chi connectivity index (χ4n) is 3.00. The van der Waals surface area contributed by atoms with Crippen LogP contribution in [0.3, 0.4) is 0 Å². The summed E-state index contributed by atoms with van der Waals surface area (Å²) in [6.45, 7) is 0.647. The maximum absolute atomic E-state index is 13.6. The van der Waals surface area contributed by atoms with E-state index in [0.717, 1.165) is 12.1 Å². The largest absolute Gasteiger partial charge is 0.472 e. The number of carbonyl (C=O) groups excluding carboxylic acids is 3. The zero-order chi connectivity index (χ0) is 20.1. The molecule has 0 bridgehead atoms. The Morgan fingerprint density at radius 1 is 1.14 bits per heavy atom. The molecule has 0 spiro atoms. The summed E-state index contributed by atoms with van der Waals surface area (Å²) >= 11 is 0. The van der Waals surface area contributed by atoms with Gasteiger partial charge in [0.25, 0.3) is 11.8 Å². The number of amides is 3. The minimum atomic E-state index is -0.993. The van der Waals surface area contributed by atoms with Gasteiger partial charge in [0.1, 0.15) is 17.9 Å². The van der Waals surface area contributed by atoms with E-state index in [1.165, 1.54) is 12.5 Å². The first-order valence-corrected chi connectivity index (χ1v) is 8.78. The first-order chi connectivity index (χ1) is 13.4. The van der Waals surface area contributed by atoms with Gasteiger partial charge in [0.05, 0.1) is 23.9 Å². The molecule has 1 saturated heterocycles. The number of furan rings is 1. The zero-order valence-corrected chi connectivity index (χ0v) is 14.9. The van der Waals surface area contributed by atoms with Gasteiger partial charge in [-0.3, -0.25) is 14.4 Å². The SMILES string of the molecule is O=C(CNC(=O)c1ccc(F)cc1F)NC1CCN(C(=O)c2ccoc2)CC1. The fraction of sp³-hybridized carbons (Fsp3) is 0.316. The number of hydrogen-bond donors (Lipinski definition) is 2. The summed E-state index contributed by atoms with van der Waals surface area (Å²) in [6.07, 6.45) is 3.99. The van der Waals surface area contributed by atoms with E-state index in [0.29, 0.717) is 37.6 Å². The van der Waals surface area contributed by atoms with E-state index in [4.69, 9.17) is 4.42 Å². The third-order valence-corrected chi connectivity index (χ3v) is 4.50. The van der Waals surface area contributed by atoms with Crippen molar-refractivity contribution in [1.82, 2.24) is 15.5 Å². The van der Waals surface area contributed by atoms with Crippen LogP contribution in [-0.4, -0.2) is 48.3 Å². The molecule has 3 amide bonds. The molecule has 7 nitrogen and oxygen atoms in total. The lowest BCUT2D eigenvalue weighted by molar-refractivity contribution is -0.121. The van der Waals surface area contributed by atoms with Gasteiger partial charge in [0, 0.05) is 25.2 Å². The van der Waals surface area contributed by atoms with Crippen LogP contribution in [-0.2, 0) is 4.79 Å². The summed E-state index contributed by atoms with van der Waals surface area (Å²) in [6, 6.07) is 4.07. The molecule has 2 aromatic rings. The maximum Gasteiger partial charge on any atom is 0.257 e. The third-order valence-electron chi connectivity index (χ3n) is 4.50. The summed E-state index contributed by atoms with van der Waals surface area (Å²) in [5.74, 6) is -3.12. The highest BCUT2D eigenvalue weighted by molar-refractivity contribution is 5.96. The molecule has 1 aliphatic heterocycles. The average molecular weight is 391 g/mol. The van der Waals surface area contributed by atoms with E-state index in [1.54, 1.807) is 11.0 Å². The van der Waals surface area contributed by atoms with Crippen LogP contribution in [0.5, 0.6) is 0 Å². The second kappa shape index (κ2) is 8.64. The second-order valence-corrected chi connectivity index (χ2v) is 6.45. The standard InChI is InChI=1S/C19H19F2N3O4/c20-13-1-2-15(16(21)9-13)18(26)22-10-17(25)23-14-3-6-24(7-4-14)19(27)12-5-8-28-11-12/h1-2,5,8-9,11,14H,3-4,6-7,10H2,(H,22,26)(H,23,25). The summed E-state index contributed by atoms with van der Waals surface area (Å²) in [5, 5.41) is 5.09. The van der Waals surface area contributed by atoms with Gasteiger partial charge in [0.2, 0.25) is 5.91 Å². The Morgan fingerprint density at radius 3 is 2.54 bits per heavy atom. The quantitative estimate of drug-likeness (QED) is 0.812. The molecule has 0 atom stereocenters.